The first-order valence-electron chi connectivity index (χ1n) is 13.1. The smallest absolute Gasteiger partial charge is 0.327 e. The van der Waals surface area contributed by atoms with Gasteiger partial charge in [0.05, 0.1) is 18.4 Å². The number of nitrogens with zero attached hydrogens (tertiary/aromatic N) is 3. The third-order valence-corrected chi connectivity index (χ3v) is 6.02. The maximum Gasteiger partial charge on any atom is 0.327 e. The number of nitrogens with two attached hydrogens (primary N) is 1. The molecule has 0 saturated carbocycles. The fourth-order valence-corrected chi connectivity index (χ4v) is 4.01. The van der Waals surface area contributed by atoms with Crippen LogP contribution < -0.4 is 15.2 Å². The number of carboxylic acid groups (broad SMARTS) is 1. The molecule has 0 spiro atoms. The van der Waals surface area contributed by atoms with Crippen molar-refractivity contribution in [3.63, 3.8) is 0 Å². The molecule has 0 amide bonds. The average molecular weight is 561 g/mol. The molecule has 41 heavy (non-hydrogen) atoms. The zero-order valence-corrected chi connectivity index (χ0v) is 23.1. The van der Waals surface area contributed by atoms with Crippen molar-refractivity contribution < 1.29 is 33.3 Å². The van der Waals surface area contributed by atoms with Gasteiger partial charge in [0.1, 0.15) is 23.3 Å². The Hall–Kier alpha value is -4.77. The number of benzene rings is 2. The van der Waals surface area contributed by atoms with Crippen molar-refractivity contribution in [2.45, 2.75) is 52.2 Å². The zero-order valence-electron chi connectivity index (χ0n) is 23.1. The SMILES string of the molecule is Cc1oc(-c2ccc(Oc3ncccn3)cc2)nc1CCOc1ccc(CCC(=O)O)c(C(N)C(=O)OC(C)C)c1. The van der Waals surface area contributed by atoms with Gasteiger partial charge in [-0.1, -0.05) is 6.07 Å². The molecule has 0 radical (unpaired) electrons. The Morgan fingerprint density at radius 3 is 2.41 bits per heavy atom. The first-order valence-corrected chi connectivity index (χ1v) is 13.1. The van der Waals surface area contributed by atoms with Crippen LogP contribution in [0.2, 0.25) is 0 Å². The van der Waals surface area contributed by atoms with E-state index in [0.29, 0.717) is 40.7 Å². The highest BCUT2D eigenvalue weighted by molar-refractivity contribution is 5.78. The Balaban J connectivity index is 1.40. The van der Waals surface area contributed by atoms with E-state index in [4.69, 9.17) is 29.5 Å². The highest BCUT2D eigenvalue weighted by Crippen LogP contribution is 2.27. The largest absolute Gasteiger partial charge is 0.493 e. The summed E-state index contributed by atoms with van der Waals surface area (Å²) in [5.41, 5.74) is 8.84. The van der Waals surface area contributed by atoms with Crippen molar-refractivity contribution in [2.24, 2.45) is 5.73 Å². The van der Waals surface area contributed by atoms with E-state index in [2.05, 4.69) is 15.0 Å². The van der Waals surface area contributed by atoms with Gasteiger partial charge in [-0.15, -0.1) is 0 Å². The first kappa shape index (κ1) is 29.2. The monoisotopic (exact) mass is 560 g/mol. The van der Waals surface area contributed by atoms with Crippen LogP contribution in [-0.2, 0) is 27.2 Å². The van der Waals surface area contributed by atoms with E-state index in [9.17, 15) is 9.59 Å². The normalized spacial score (nSPS) is 11.7. The third-order valence-electron chi connectivity index (χ3n) is 6.02. The predicted octanol–water partition coefficient (Wildman–Crippen LogP) is 4.82. The van der Waals surface area contributed by atoms with Crippen LogP contribution >= 0.6 is 0 Å². The quantitative estimate of drug-likeness (QED) is 0.216. The Labute approximate surface area is 237 Å². The number of carbonyl (C=O) groups is 2. The lowest BCUT2D eigenvalue weighted by molar-refractivity contribution is -0.149. The summed E-state index contributed by atoms with van der Waals surface area (Å²) in [7, 11) is 0. The van der Waals surface area contributed by atoms with E-state index < -0.39 is 18.0 Å². The van der Waals surface area contributed by atoms with Crippen LogP contribution in [0.15, 0.2) is 65.3 Å². The Bertz CT molecular complexity index is 1470. The topological polar surface area (TPSA) is 160 Å². The van der Waals surface area contributed by atoms with Crippen molar-refractivity contribution in [3.05, 3.63) is 83.5 Å². The van der Waals surface area contributed by atoms with Gasteiger partial charge in [-0.05, 0) is 80.8 Å². The van der Waals surface area contributed by atoms with E-state index >= 15 is 0 Å². The molecule has 2 aromatic heterocycles. The second-order valence-electron chi connectivity index (χ2n) is 9.50. The summed E-state index contributed by atoms with van der Waals surface area (Å²) in [6.07, 6.45) is 3.48. The van der Waals surface area contributed by atoms with Gasteiger partial charge in [-0.3, -0.25) is 4.79 Å². The molecule has 2 heterocycles. The zero-order chi connectivity index (χ0) is 29.4. The average Bonchev–Trinajstić information content (AvgIpc) is 3.32. The molecule has 0 saturated heterocycles. The van der Waals surface area contributed by atoms with Crippen LogP contribution in [-0.4, -0.2) is 44.7 Å². The predicted molar refractivity (Wildman–Crippen MR) is 149 cm³/mol. The van der Waals surface area contributed by atoms with Crippen LogP contribution in [0, 0.1) is 6.92 Å². The minimum absolute atomic E-state index is 0.0931. The molecule has 1 unspecified atom stereocenters. The van der Waals surface area contributed by atoms with Crippen LogP contribution in [0.3, 0.4) is 0 Å². The van der Waals surface area contributed by atoms with Gasteiger partial charge >= 0.3 is 17.9 Å². The first-order chi connectivity index (χ1) is 19.7. The molecule has 0 aliphatic rings. The number of aryl methyl sites for hydroxylation is 2. The standard InChI is InChI=1S/C30H32N4O7/c1-18(2)39-29(37)27(31)24-17-23(11-5-20(24)8-12-26(35)36)38-16-13-25-19(3)40-28(34-25)21-6-9-22(10-7-21)41-30-32-14-4-15-33-30/h4-7,9-11,14-15,17-18,27H,8,12-13,16,31H2,1-3H3,(H,35,36). The van der Waals surface area contributed by atoms with Crippen LogP contribution in [0.4, 0.5) is 0 Å². The fraction of sp³-hybridized carbons (Fsp3) is 0.300. The van der Waals surface area contributed by atoms with E-state index in [1.165, 1.54) is 0 Å². The molecule has 4 rings (SSSR count). The van der Waals surface area contributed by atoms with Crippen LogP contribution in [0.1, 0.15) is 48.9 Å². The Kier molecular flexibility index (Phi) is 9.64. The van der Waals surface area contributed by atoms with Crippen molar-refractivity contribution in [1.29, 1.82) is 0 Å². The highest BCUT2D eigenvalue weighted by Gasteiger charge is 2.23. The number of rotatable bonds is 13. The molecular formula is C30H32N4O7. The van der Waals surface area contributed by atoms with Gasteiger partial charge < -0.3 is 29.5 Å². The molecule has 11 nitrogen and oxygen atoms in total. The molecule has 214 valence electrons. The number of carbonyl (C=O) groups excluding carboxylic acids is 1. The number of aliphatic carboxylic acids is 1. The van der Waals surface area contributed by atoms with E-state index in [0.717, 1.165) is 11.3 Å². The Morgan fingerprint density at radius 1 is 1.02 bits per heavy atom. The molecular weight excluding hydrogens is 528 g/mol. The summed E-state index contributed by atoms with van der Waals surface area (Å²) < 4.78 is 22.7. The molecule has 1 atom stereocenters. The minimum atomic E-state index is -1.07. The molecule has 4 aromatic rings. The lowest BCUT2D eigenvalue weighted by atomic mass is 9.97. The summed E-state index contributed by atoms with van der Waals surface area (Å²) in [5.74, 6) is 0.689. The number of ether oxygens (including phenoxy) is 3. The second kappa shape index (κ2) is 13.5. The molecule has 0 fully saturated rings. The molecule has 11 heteroatoms. The molecule has 3 N–H and O–H groups in total. The molecule has 0 aliphatic carbocycles. The molecule has 2 aromatic carbocycles. The number of aromatic nitrogens is 3. The summed E-state index contributed by atoms with van der Waals surface area (Å²) in [6.45, 7) is 5.59. The van der Waals surface area contributed by atoms with Gasteiger partial charge in [0.2, 0.25) is 5.89 Å². The van der Waals surface area contributed by atoms with E-state index in [1.54, 1.807) is 62.6 Å². The van der Waals surface area contributed by atoms with E-state index in [-0.39, 0.29) is 31.6 Å². The fourth-order valence-electron chi connectivity index (χ4n) is 4.01. The van der Waals surface area contributed by atoms with Crippen molar-refractivity contribution >= 4 is 11.9 Å². The Morgan fingerprint density at radius 2 is 1.73 bits per heavy atom. The van der Waals surface area contributed by atoms with Gasteiger partial charge in [0.15, 0.2) is 0 Å². The number of carboxylic acids is 1. The van der Waals surface area contributed by atoms with E-state index in [1.807, 2.05) is 19.1 Å². The third kappa shape index (κ3) is 8.12. The van der Waals surface area contributed by atoms with Gasteiger partial charge in [-0.2, -0.15) is 0 Å². The number of hydrogen-bond donors (Lipinski definition) is 2. The van der Waals surface area contributed by atoms with Crippen molar-refractivity contribution in [1.82, 2.24) is 15.0 Å². The van der Waals surface area contributed by atoms with Gasteiger partial charge in [-0.25, -0.2) is 19.7 Å². The van der Waals surface area contributed by atoms with Gasteiger partial charge in [0, 0.05) is 30.8 Å². The van der Waals surface area contributed by atoms with Crippen molar-refractivity contribution in [2.75, 3.05) is 6.61 Å². The number of esters is 1. The highest BCUT2D eigenvalue weighted by atomic mass is 16.5. The summed E-state index contributed by atoms with van der Waals surface area (Å²) in [4.78, 5) is 36.3. The maximum absolute atomic E-state index is 12.5. The second-order valence-corrected chi connectivity index (χ2v) is 9.50. The number of hydrogen-bond acceptors (Lipinski definition) is 10. The number of oxazole rings is 1. The lowest BCUT2D eigenvalue weighted by Gasteiger charge is -2.18. The molecule has 0 aliphatic heterocycles. The summed E-state index contributed by atoms with van der Waals surface area (Å²) in [5, 5.41) is 9.10. The van der Waals surface area contributed by atoms with Crippen LogP contribution in [0.5, 0.6) is 17.5 Å². The lowest BCUT2D eigenvalue weighted by Crippen LogP contribution is -2.27. The van der Waals surface area contributed by atoms with Crippen molar-refractivity contribution in [3.8, 4) is 29.0 Å². The summed E-state index contributed by atoms with van der Waals surface area (Å²) >= 11 is 0. The van der Waals surface area contributed by atoms with Gasteiger partial charge in [0.25, 0.3) is 0 Å². The molecule has 0 bridgehead atoms. The minimum Gasteiger partial charge on any atom is -0.493 e. The summed E-state index contributed by atoms with van der Waals surface area (Å²) in [6, 6.07) is 13.3. The maximum atomic E-state index is 12.5. The van der Waals surface area contributed by atoms with Crippen LogP contribution in [0.25, 0.3) is 11.5 Å².